The normalized spacial score (nSPS) is 11.3. The second-order valence-electron chi connectivity index (χ2n) is 4.14. The van der Waals surface area contributed by atoms with Crippen LogP contribution in [-0.4, -0.2) is 5.78 Å². The van der Waals surface area contributed by atoms with E-state index in [2.05, 4.69) is 0 Å². The maximum absolute atomic E-state index is 12.7. The minimum absolute atomic E-state index is 0.0922. The van der Waals surface area contributed by atoms with Gasteiger partial charge in [0.15, 0.2) is 5.78 Å². The molecule has 0 bridgehead atoms. The van der Waals surface area contributed by atoms with Gasteiger partial charge in [-0.25, -0.2) is 4.39 Å². The maximum atomic E-state index is 12.7. The second kappa shape index (κ2) is 6.83. The number of allylic oxidation sites excluding steroid dienone is 3. The minimum atomic E-state index is -0.268. The lowest BCUT2D eigenvalue weighted by Crippen LogP contribution is -1.92. The number of hydrogen-bond acceptors (Lipinski definition) is 1. The summed E-state index contributed by atoms with van der Waals surface area (Å²) in [6, 6.07) is 12.8. The van der Waals surface area contributed by atoms with Gasteiger partial charge in [0.05, 0.1) is 0 Å². The summed E-state index contributed by atoms with van der Waals surface area (Å²) < 4.78 is 12.7. The van der Waals surface area contributed by atoms with Gasteiger partial charge in [-0.05, 0) is 48.0 Å². The number of hydrogen-bond donors (Lipinski definition) is 0. The van der Waals surface area contributed by atoms with E-state index in [1.54, 1.807) is 54.6 Å². The summed E-state index contributed by atoms with van der Waals surface area (Å²) in [4.78, 5) is 11.8. The lowest BCUT2D eigenvalue weighted by atomic mass is 10.1. The molecule has 0 aliphatic carbocycles. The van der Waals surface area contributed by atoms with Crippen LogP contribution in [0.3, 0.4) is 0 Å². The lowest BCUT2D eigenvalue weighted by molar-refractivity contribution is 0.104. The molecular weight excluding hydrogens is 275 g/mol. The third-order valence-electron chi connectivity index (χ3n) is 2.65. The van der Waals surface area contributed by atoms with E-state index in [0.29, 0.717) is 10.6 Å². The Morgan fingerprint density at radius 1 is 0.950 bits per heavy atom. The molecule has 0 fully saturated rings. The molecule has 0 radical (unpaired) electrons. The van der Waals surface area contributed by atoms with Crippen LogP contribution >= 0.6 is 11.6 Å². The van der Waals surface area contributed by atoms with Crippen LogP contribution in [-0.2, 0) is 0 Å². The number of carbonyl (C=O) groups excluding carboxylic acids is 1. The highest BCUT2D eigenvalue weighted by molar-refractivity contribution is 6.30. The summed E-state index contributed by atoms with van der Waals surface area (Å²) >= 11 is 5.75. The summed E-state index contributed by atoms with van der Waals surface area (Å²) in [5, 5.41) is 0.599. The van der Waals surface area contributed by atoms with Crippen molar-refractivity contribution in [2.45, 2.75) is 0 Å². The predicted octanol–water partition coefficient (Wildman–Crippen LogP) is 4.93. The maximum Gasteiger partial charge on any atom is 0.185 e. The van der Waals surface area contributed by atoms with E-state index in [-0.39, 0.29) is 11.6 Å². The summed E-state index contributed by atoms with van der Waals surface area (Å²) in [7, 11) is 0. The Balaban J connectivity index is 1.97. The fourth-order valence-electron chi connectivity index (χ4n) is 1.59. The molecule has 2 aromatic rings. The molecule has 0 aromatic heterocycles. The highest BCUT2D eigenvalue weighted by Gasteiger charge is 1.99. The highest BCUT2D eigenvalue weighted by atomic mass is 35.5. The molecule has 0 saturated heterocycles. The Kier molecular flexibility index (Phi) is 4.85. The Morgan fingerprint density at radius 2 is 1.60 bits per heavy atom. The predicted molar refractivity (Wildman–Crippen MR) is 80.4 cm³/mol. The molecule has 0 aliphatic rings. The number of ketones is 1. The number of rotatable bonds is 4. The van der Waals surface area contributed by atoms with Crippen molar-refractivity contribution in [1.29, 1.82) is 0 Å². The first kappa shape index (κ1) is 14.2. The fourth-order valence-corrected chi connectivity index (χ4v) is 1.72. The van der Waals surface area contributed by atoms with E-state index in [9.17, 15) is 9.18 Å². The van der Waals surface area contributed by atoms with Crippen LogP contribution in [0.25, 0.3) is 6.08 Å². The first-order valence-electron chi connectivity index (χ1n) is 6.05. The minimum Gasteiger partial charge on any atom is -0.289 e. The van der Waals surface area contributed by atoms with Gasteiger partial charge in [0.1, 0.15) is 5.82 Å². The molecule has 0 amide bonds. The van der Waals surface area contributed by atoms with Gasteiger partial charge in [-0.3, -0.25) is 4.79 Å². The van der Waals surface area contributed by atoms with Crippen LogP contribution in [0.4, 0.5) is 4.39 Å². The lowest BCUT2D eigenvalue weighted by Gasteiger charge is -1.95. The number of halogens is 2. The highest BCUT2D eigenvalue weighted by Crippen LogP contribution is 2.10. The number of benzene rings is 2. The summed E-state index contributed by atoms with van der Waals surface area (Å²) in [6.07, 6.45) is 6.66. The van der Waals surface area contributed by atoms with Crippen LogP contribution in [0, 0.1) is 5.82 Å². The molecule has 3 heteroatoms. The van der Waals surface area contributed by atoms with Gasteiger partial charge in [0.25, 0.3) is 0 Å². The van der Waals surface area contributed by atoms with Gasteiger partial charge in [-0.15, -0.1) is 0 Å². The molecule has 20 heavy (non-hydrogen) atoms. The van der Waals surface area contributed by atoms with Crippen LogP contribution in [0.2, 0.25) is 5.02 Å². The van der Waals surface area contributed by atoms with Crippen molar-refractivity contribution in [2.75, 3.05) is 0 Å². The van der Waals surface area contributed by atoms with E-state index in [0.717, 1.165) is 5.56 Å². The van der Waals surface area contributed by atoms with Gasteiger partial charge in [-0.1, -0.05) is 42.0 Å². The summed E-state index contributed by atoms with van der Waals surface area (Å²) in [5.41, 5.74) is 1.45. The van der Waals surface area contributed by atoms with Crippen molar-refractivity contribution in [1.82, 2.24) is 0 Å². The quantitative estimate of drug-likeness (QED) is 0.442. The monoisotopic (exact) mass is 286 g/mol. The van der Waals surface area contributed by atoms with Crippen molar-refractivity contribution < 1.29 is 9.18 Å². The van der Waals surface area contributed by atoms with E-state index in [1.807, 2.05) is 0 Å². The standard InChI is InChI=1S/C17H12ClFO/c18-15-9-7-14(8-10-15)17(20)4-2-1-3-13-5-11-16(19)12-6-13/h1-12H/b3-1+,4-2+. The fraction of sp³-hybridized carbons (Fsp3) is 0. The van der Waals surface area contributed by atoms with Gasteiger partial charge in [0, 0.05) is 10.6 Å². The molecule has 2 aromatic carbocycles. The molecule has 0 N–H and O–H groups in total. The Morgan fingerprint density at radius 3 is 2.25 bits per heavy atom. The SMILES string of the molecule is O=C(/C=C/C=C/c1ccc(F)cc1)c1ccc(Cl)cc1. The van der Waals surface area contributed by atoms with E-state index in [4.69, 9.17) is 11.6 Å². The van der Waals surface area contributed by atoms with Crippen LogP contribution in [0.15, 0.2) is 66.8 Å². The average molecular weight is 287 g/mol. The Hall–Kier alpha value is -2.19. The third kappa shape index (κ3) is 4.18. The molecule has 0 atom stereocenters. The zero-order valence-electron chi connectivity index (χ0n) is 10.6. The molecule has 0 heterocycles. The Bertz CT molecular complexity index is 640. The van der Waals surface area contributed by atoms with Crippen molar-refractivity contribution >= 4 is 23.5 Å². The van der Waals surface area contributed by atoms with Crippen LogP contribution in [0.5, 0.6) is 0 Å². The van der Waals surface area contributed by atoms with Crippen molar-refractivity contribution in [3.8, 4) is 0 Å². The van der Waals surface area contributed by atoms with E-state index in [1.165, 1.54) is 18.2 Å². The molecule has 0 unspecified atom stereocenters. The first-order chi connectivity index (χ1) is 9.65. The van der Waals surface area contributed by atoms with Crippen molar-refractivity contribution in [2.24, 2.45) is 0 Å². The molecule has 1 nitrogen and oxygen atoms in total. The third-order valence-corrected chi connectivity index (χ3v) is 2.90. The summed E-state index contributed by atoms with van der Waals surface area (Å²) in [6.45, 7) is 0. The van der Waals surface area contributed by atoms with E-state index < -0.39 is 0 Å². The second-order valence-corrected chi connectivity index (χ2v) is 4.58. The molecule has 0 spiro atoms. The Labute approximate surface area is 122 Å². The zero-order chi connectivity index (χ0) is 14.4. The molecule has 2 rings (SSSR count). The van der Waals surface area contributed by atoms with Gasteiger partial charge in [0.2, 0.25) is 0 Å². The molecular formula is C17H12ClFO. The van der Waals surface area contributed by atoms with Crippen molar-refractivity contribution in [3.05, 3.63) is 88.7 Å². The first-order valence-corrected chi connectivity index (χ1v) is 6.43. The molecule has 100 valence electrons. The van der Waals surface area contributed by atoms with Crippen molar-refractivity contribution in [3.63, 3.8) is 0 Å². The summed E-state index contributed by atoms with van der Waals surface area (Å²) in [5.74, 6) is -0.360. The zero-order valence-corrected chi connectivity index (χ0v) is 11.3. The topological polar surface area (TPSA) is 17.1 Å². The van der Waals surface area contributed by atoms with Gasteiger partial charge < -0.3 is 0 Å². The average Bonchev–Trinajstić information content (AvgIpc) is 2.46. The molecule has 0 saturated carbocycles. The van der Waals surface area contributed by atoms with Crippen LogP contribution < -0.4 is 0 Å². The number of carbonyl (C=O) groups is 1. The smallest absolute Gasteiger partial charge is 0.185 e. The largest absolute Gasteiger partial charge is 0.289 e. The van der Waals surface area contributed by atoms with Gasteiger partial charge in [-0.2, -0.15) is 0 Å². The van der Waals surface area contributed by atoms with E-state index >= 15 is 0 Å². The van der Waals surface area contributed by atoms with Gasteiger partial charge >= 0.3 is 0 Å². The molecule has 0 aliphatic heterocycles. The van der Waals surface area contributed by atoms with Crippen LogP contribution in [0.1, 0.15) is 15.9 Å².